The van der Waals surface area contributed by atoms with Crippen LogP contribution in [0.1, 0.15) is 11.1 Å². The van der Waals surface area contributed by atoms with Gasteiger partial charge in [0.05, 0.1) is 17.0 Å². The van der Waals surface area contributed by atoms with Gasteiger partial charge in [-0.1, -0.05) is 54.6 Å². The molecule has 0 aromatic heterocycles. The molecule has 0 radical (unpaired) electrons. The molecule has 0 spiro atoms. The molecule has 5 rings (SSSR count). The van der Waals surface area contributed by atoms with Gasteiger partial charge in [0, 0.05) is 49.8 Å². The van der Waals surface area contributed by atoms with Crippen LogP contribution in [0.25, 0.3) is 0 Å². The highest BCUT2D eigenvalue weighted by Crippen LogP contribution is 2.31. The van der Waals surface area contributed by atoms with E-state index >= 15 is 0 Å². The van der Waals surface area contributed by atoms with Gasteiger partial charge in [-0.25, -0.2) is 13.2 Å². The number of anilines is 3. The van der Waals surface area contributed by atoms with Crippen LogP contribution in [0.2, 0.25) is 0 Å². The highest BCUT2D eigenvalue weighted by Gasteiger charge is 2.31. The van der Waals surface area contributed by atoms with Crippen molar-refractivity contribution in [3.63, 3.8) is 0 Å². The minimum atomic E-state index is -4.50. The van der Waals surface area contributed by atoms with Gasteiger partial charge >= 0.3 is 12.2 Å². The van der Waals surface area contributed by atoms with Gasteiger partial charge in [0.15, 0.2) is 0 Å². The quantitative estimate of drug-likeness (QED) is 0.235. The van der Waals surface area contributed by atoms with Crippen LogP contribution in [0.3, 0.4) is 0 Å². The molecule has 1 saturated heterocycles. The average Bonchev–Trinajstić information content (AvgIpc) is 3.05. The van der Waals surface area contributed by atoms with Gasteiger partial charge in [-0.2, -0.15) is 17.5 Å². The molecule has 0 aliphatic carbocycles. The van der Waals surface area contributed by atoms with E-state index in [1.54, 1.807) is 54.6 Å². The number of rotatable bonds is 9. The molecular weight excluding hydrogens is 619 g/mol. The summed E-state index contributed by atoms with van der Waals surface area (Å²) >= 11 is 0. The summed E-state index contributed by atoms with van der Waals surface area (Å²) in [5.74, 6) is -0.497. The summed E-state index contributed by atoms with van der Waals surface area (Å²) in [6.07, 6.45) is -4.50. The highest BCUT2D eigenvalue weighted by molar-refractivity contribution is 7.89. The maximum Gasteiger partial charge on any atom is 0.416 e. The zero-order chi connectivity index (χ0) is 32.7. The molecule has 9 nitrogen and oxygen atoms in total. The number of piperazine rings is 1. The average molecular weight is 652 g/mol. The lowest BCUT2D eigenvalue weighted by atomic mass is 10.2. The van der Waals surface area contributed by atoms with Crippen molar-refractivity contribution in [2.75, 3.05) is 48.3 Å². The maximum absolute atomic E-state index is 13.4. The number of benzene rings is 4. The number of sulfonamides is 1. The van der Waals surface area contributed by atoms with Crippen LogP contribution >= 0.6 is 0 Å². The summed E-state index contributed by atoms with van der Waals surface area (Å²) in [6, 6.07) is 28.1. The molecule has 0 saturated carbocycles. The van der Waals surface area contributed by atoms with E-state index in [0.29, 0.717) is 31.9 Å². The van der Waals surface area contributed by atoms with E-state index in [2.05, 4.69) is 10.6 Å². The monoisotopic (exact) mass is 651 g/mol. The second-order valence-electron chi connectivity index (χ2n) is 10.6. The third-order valence-corrected chi connectivity index (χ3v) is 9.23. The van der Waals surface area contributed by atoms with E-state index in [1.165, 1.54) is 29.2 Å². The van der Waals surface area contributed by atoms with Crippen molar-refractivity contribution in [2.45, 2.75) is 17.6 Å². The summed E-state index contributed by atoms with van der Waals surface area (Å²) in [4.78, 5) is 29.4. The first-order valence-electron chi connectivity index (χ1n) is 14.5. The third kappa shape index (κ3) is 8.23. The fraction of sp³-hybridized carbons (Fsp3) is 0.212. The van der Waals surface area contributed by atoms with E-state index in [-0.39, 0.29) is 17.1 Å². The lowest BCUT2D eigenvalue weighted by Gasteiger charge is -2.36. The molecule has 2 N–H and O–H groups in total. The van der Waals surface area contributed by atoms with Crippen molar-refractivity contribution in [3.8, 4) is 0 Å². The van der Waals surface area contributed by atoms with E-state index < -0.39 is 40.2 Å². The molecule has 0 bridgehead atoms. The van der Waals surface area contributed by atoms with Crippen molar-refractivity contribution < 1.29 is 31.2 Å². The molecule has 4 aromatic rings. The second kappa shape index (κ2) is 14.0. The van der Waals surface area contributed by atoms with Crippen molar-refractivity contribution in [1.82, 2.24) is 9.21 Å². The Balaban J connectivity index is 1.16. The Morgan fingerprint density at radius 1 is 0.739 bits per heavy atom. The Kier molecular flexibility index (Phi) is 9.93. The molecular formula is C33H32F3N5O4S. The third-order valence-electron chi connectivity index (χ3n) is 7.43. The number of amides is 3. The number of urea groups is 1. The Morgan fingerprint density at radius 2 is 1.37 bits per heavy atom. The lowest BCUT2D eigenvalue weighted by Crippen LogP contribution is -2.50. The Morgan fingerprint density at radius 3 is 2.00 bits per heavy atom. The van der Waals surface area contributed by atoms with Crippen LogP contribution in [0.15, 0.2) is 114 Å². The fourth-order valence-electron chi connectivity index (χ4n) is 5.01. The summed E-state index contributed by atoms with van der Waals surface area (Å²) in [7, 11) is -3.96. The smallest absolute Gasteiger partial charge is 0.368 e. The number of nitrogens with zero attached hydrogens (tertiary/aromatic N) is 3. The molecule has 240 valence electrons. The van der Waals surface area contributed by atoms with Crippen molar-refractivity contribution >= 4 is 39.0 Å². The van der Waals surface area contributed by atoms with Crippen LogP contribution in [0.5, 0.6) is 0 Å². The molecule has 1 heterocycles. The molecule has 4 aromatic carbocycles. The van der Waals surface area contributed by atoms with Crippen LogP contribution in [0.4, 0.5) is 35.0 Å². The molecule has 46 heavy (non-hydrogen) atoms. The Hall–Kier alpha value is -4.88. The highest BCUT2D eigenvalue weighted by atomic mass is 32.2. The zero-order valence-corrected chi connectivity index (χ0v) is 25.5. The molecule has 1 fully saturated rings. The number of carbonyl (C=O) groups is 2. The molecule has 1 aliphatic rings. The summed E-state index contributed by atoms with van der Waals surface area (Å²) < 4.78 is 67.0. The Labute approximate surface area is 265 Å². The summed E-state index contributed by atoms with van der Waals surface area (Å²) in [5.41, 5.74) is 1.32. The first-order valence-corrected chi connectivity index (χ1v) is 15.9. The van der Waals surface area contributed by atoms with Crippen molar-refractivity contribution in [3.05, 3.63) is 120 Å². The molecule has 0 atom stereocenters. The van der Waals surface area contributed by atoms with Crippen molar-refractivity contribution in [2.24, 2.45) is 0 Å². The van der Waals surface area contributed by atoms with Gasteiger partial charge in [-0.3, -0.25) is 4.79 Å². The van der Waals surface area contributed by atoms with Crippen LogP contribution in [-0.4, -0.2) is 62.3 Å². The number of halogens is 3. The van der Waals surface area contributed by atoms with Gasteiger partial charge in [-0.15, -0.1) is 0 Å². The van der Waals surface area contributed by atoms with Crippen LogP contribution in [-0.2, 0) is 27.5 Å². The first kappa shape index (κ1) is 32.5. The first-order chi connectivity index (χ1) is 22.0. The van der Waals surface area contributed by atoms with Crippen LogP contribution < -0.4 is 15.5 Å². The summed E-state index contributed by atoms with van der Waals surface area (Å²) in [6.45, 7) is 1.33. The number of hydrogen-bond acceptors (Lipinski definition) is 5. The molecule has 13 heteroatoms. The number of hydrogen-bond donors (Lipinski definition) is 2. The van der Waals surface area contributed by atoms with E-state index in [0.717, 1.165) is 27.7 Å². The maximum atomic E-state index is 13.4. The Bertz CT molecular complexity index is 1750. The van der Waals surface area contributed by atoms with Gasteiger partial charge in [0.25, 0.3) is 0 Å². The molecule has 3 amide bonds. The van der Waals surface area contributed by atoms with E-state index in [4.69, 9.17) is 0 Å². The predicted molar refractivity (Wildman–Crippen MR) is 170 cm³/mol. The van der Waals surface area contributed by atoms with Gasteiger partial charge < -0.3 is 20.4 Å². The van der Waals surface area contributed by atoms with Gasteiger partial charge in [0.1, 0.15) is 0 Å². The lowest BCUT2D eigenvalue weighted by molar-refractivity contribution is -0.137. The normalized spacial score (nSPS) is 13.8. The largest absolute Gasteiger partial charge is 0.416 e. The van der Waals surface area contributed by atoms with Crippen LogP contribution in [0, 0.1) is 0 Å². The number of alkyl halides is 3. The van der Waals surface area contributed by atoms with Gasteiger partial charge in [0.2, 0.25) is 15.9 Å². The predicted octanol–water partition coefficient (Wildman–Crippen LogP) is 5.89. The minimum absolute atomic E-state index is 0.0222. The second-order valence-corrected chi connectivity index (χ2v) is 12.6. The van der Waals surface area contributed by atoms with Gasteiger partial charge in [-0.05, 0) is 60.2 Å². The number of carbonyl (C=O) groups excluding carboxylic acids is 2. The van der Waals surface area contributed by atoms with E-state index in [9.17, 15) is 31.2 Å². The van der Waals surface area contributed by atoms with E-state index in [1.807, 2.05) is 23.1 Å². The topological polar surface area (TPSA) is 102 Å². The fourth-order valence-corrected chi connectivity index (χ4v) is 6.42. The molecule has 1 aliphatic heterocycles. The minimum Gasteiger partial charge on any atom is -0.368 e. The standard InChI is InChI=1S/C33H32F3N5O4S/c34-33(35,36)26-10-7-11-28(22-26)38-32(43)40-20-18-39(19-21-40)29-16-14-27(15-17-29)37-31(42)24-41(23-25-8-3-1-4-9-25)46(44,45)30-12-5-2-6-13-30/h1-17,22H,18-21,23-24H2,(H,37,42)(H,38,43). The SMILES string of the molecule is O=C(CN(Cc1ccccc1)S(=O)(=O)c1ccccc1)Nc1ccc(N2CCN(C(=O)Nc3cccc(C(F)(F)F)c3)CC2)cc1. The summed E-state index contributed by atoms with van der Waals surface area (Å²) in [5, 5.41) is 5.31. The zero-order valence-electron chi connectivity index (χ0n) is 24.7. The number of nitrogens with one attached hydrogen (secondary N) is 2. The van der Waals surface area contributed by atoms with Crippen molar-refractivity contribution in [1.29, 1.82) is 0 Å². The molecule has 0 unspecified atom stereocenters.